The third-order valence-corrected chi connectivity index (χ3v) is 5.16. The van der Waals surface area contributed by atoms with Crippen LogP contribution in [0.5, 0.6) is 0 Å². The lowest BCUT2D eigenvalue weighted by Crippen LogP contribution is -2.46. The van der Waals surface area contributed by atoms with Gasteiger partial charge in [-0.25, -0.2) is 4.98 Å². The first-order valence-electron chi connectivity index (χ1n) is 8.63. The van der Waals surface area contributed by atoms with Crippen molar-refractivity contribution in [3.63, 3.8) is 0 Å². The zero-order chi connectivity index (χ0) is 17.6. The Hall–Kier alpha value is -2.18. The van der Waals surface area contributed by atoms with Crippen molar-refractivity contribution in [2.75, 3.05) is 42.9 Å². The molecule has 1 saturated heterocycles. The smallest absolute Gasteiger partial charge is 0.248 e. The summed E-state index contributed by atoms with van der Waals surface area (Å²) in [6.45, 7) is 9.32. The summed E-state index contributed by atoms with van der Waals surface area (Å²) in [5.41, 5.74) is 2.77. The third-order valence-electron chi connectivity index (χ3n) is 4.36. The fourth-order valence-corrected chi connectivity index (χ4v) is 3.53. The first-order chi connectivity index (χ1) is 12.2. The lowest BCUT2D eigenvalue weighted by molar-refractivity contribution is -0.111. The van der Waals surface area contributed by atoms with Gasteiger partial charge >= 0.3 is 0 Å². The summed E-state index contributed by atoms with van der Waals surface area (Å²) in [6, 6.07) is 8.00. The van der Waals surface area contributed by atoms with E-state index in [-0.39, 0.29) is 5.91 Å². The van der Waals surface area contributed by atoms with Crippen LogP contribution in [0.3, 0.4) is 0 Å². The first-order valence-corrected chi connectivity index (χ1v) is 9.51. The molecule has 5 nitrogen and oxygen atoms in total. The maximum absolute atomic E-state index is 12.3. The normalized spacial score (nSPS) is 15.7. The first kappa shape index (κ1) is 17.6. The summed E-state index contributed by atoms with van der Waals surface area (Å²) in [5.74, 6) is -0.134. The Morgan fingerprint density at radius 2 is 2.04 bits per heavy atom. The van der Waals surface area contributed by atoms with Crippen LogP contribution in [0.25, 0.3) is 6.08 Å². The van der Waals surface area contributed by atoms with Gasteiger partial charge in [0, 0.05) is 37.6 Å². The molecule has 0 aliphatic carbocycles. The van der Waals surface area contributed by atoms with Gasteiger partial charge < -0.3 is 15.1 Å². The average Bonchev–Trinajstić information content (AvgIpc) is 3.06. The SMILES string of the molecule is CCN1CCN(c2ccccc2NC(=O)/C=C/c2csc(C)n2)CC1. The molecule has 1 aromatic heterocycles. The van der Waals surface area contributed by atoms with Gasteiger partial charge in [0.1, 0.15) is 0 Å². The molecule has 1 aliphatic rings. The summed E-state index contributed by atoms with van der Waals surface area (Å²) < 4.78 is 0. The van der Waals surface area contributed by atoms with E-state index in [9.17, 15) is 4.79 Å². The molecule has 1 amide bonds. The number of anilines is 2. The highest BCUT2D eigenvalue weighted by Gasteiger charge is 2.18. The van der Waals surface area contributed by atoms with E-state index in [0.717, 1.165) is 54.8 Å². The van der Waals surface area contributed by atoms with Gasteiger partial charge in [-0.3, -0.25) is 4.79 Å². The van der Waals surface area contributed by atoms with Crippen molar-refractivity contribution in [1.29, 1.82) is 0 Å². The molecule has 0 radical (unpaired) electrons. The van der Waals surface area contributed by atoms with Crippen molar-refractivity contribution in [2.45, 2.75) is 13.8 Å². The molecule has 1 fully saturated rings. The fraction of sp³-hybridized carbons (Fsp3) is 0.368. The van der Waals surface area contributed by atoms with Crippen LogP contribution in [0.4, 0.5) is 11.4 Å². The van der Waals surface area contributed by atoms with Gasteiger partial charge in [-0.1, -0.05) is 19.1 Å². The van der Waals surface area contributed by atoms with E-state index in [1.807, 2.05) is 30.5 Å². The summed E-state index contributed by atoms with van der Waals surface area (Å²) in [5, 5.41) is 5.95. The number of nitrogens with one attached hydrogen (secondary N) is 1. The van der Waals surface area contributed by atoms with Gasteiger partial charge in [0.2, 0.25) is 5.91 Å². The number of likely N-dealkylation sites (N-methyl/N-ethyl adjacent to an activating group) is 1. The number of aromatic nitrogens is 1. The second-order valence-electron chi connectivity index (χ2n) is 6.05. The standard InChI is InChI=1S/C19H24N4OS/c1-3-22-10-12-23(13-11-22)18-7-5-4-6-17(18)21-19(24)9-8-16-14-25-15(2)20-16/h4-9,14H,3,10-13H2,1-2H3,(H,21,24)/b9-8+. The molecule has 0 spiro atoms. The minimum absolute atomic E-state index is 0.134. The highest BCUT2D eigenvalue weighted by molar-refractivity contribution is 7.09. The maximum Gasteiger partial charge on any atom is 0.248 e. The lowest BCUT2D eigenvalue weighted by Gasteiger charge is -2.36. The molecule has 1 aromatic carbocycles. The number of benzene rings is 1. The Morgan fingerprint density at radius 3 is 2.72 bits per heavy atom. The molecule has 2 heterocycles. The molecule has 0 unspecified atom stereocenters. The molecule has 0 saturated carbocycles. The molecule has 1 aliphatic heterocycles. The third kappa shape index (κ3) is 4.67. The molecule has 0 bridgehead atoms. The number of aryl methyl sites for hydroxylation is 1. The minimum Gasteiger partial charge on any atom is -0.367 e. The molecule has 0 atom stereocenters. The summed E-state index contributed by atoms with van der Waals surface area (Å²) in [6.07, 6.45) is 3.29. The van der Waals surface area contributed by atoms with Crippen LogP contribution in [-0.4, -0.2) is 48.5 Å². The number of para-hydroxylation sites is 2. The Balaban J connectivity index is 1.66. The molecule has 6 heteroatoms. The molecule has 3 rings (SSSR count). The Labute approximate surface area is 153 Å². The minimum atomic E-state index is -0.134. The van der Waals surface area contributed by atoms with Gasteiger partial charge in [-0.15, -0.1) is 11.3 Å². The van der Waals surface area contributed by atoms with Crippen LogP contribution in [0.1, 0.15) is 17.6 Å². The van der Waals surface area contributed by atoms with E-state index in [1.165, 1.54) is 0 Å². The fourth-order valence-electron chi connectivity index (χ4n) is 2.95. The molecule has 132 valence electrons. The number of hydrogen-bond acceptors (Lipinski definition) is 5. The molecule has 2 aromatic rings. The molecular weight excluding hydrogens is 332 g/mol. The predicted octanol–water partition coefficient (Wildman–Crippen LogP) is 3.25. The second kappa shape index (κ2) is 8.27. The van der Waals surface area contributed by atoms with E-state index < -0.39 is 0 Å². The van der Waals surface area contributed by atoms with Gasteiger partial charge in [0.25, 0.3) is 0 Å². The molecular formula is C19H24N4OS. The van der Waals surface area contributed by atoms with Gasteiger partial charge in [0.15, 0.2) is 0 Å². The van der Waals surface area contributed by atoms with Crippen LogP contribution < -0.4 is 10.2 Å². The van der Waals surface area contributed by atoms with Gasteiger partial charge in [-0.2, -0.15) is 0 Å². The number of rotatable bonds is 5. The number of nitrogens with zero attached hydrogens (tertiary/aromatic N) is 3. The number of carbonyl (C=O) groups is 1. The van der Waals surface area contributed by atoms with E-state index in [4.69, 9.17) is 0 Å². The van der Waals surface area contributed by atoms with E-state index in [0.29, 0.717) is 0 Å². The van der Waals surface area contributed by atoms with Crippen LogP contribution in [0, 0.1) is 6.92 Å². The molecule has 1 N–H and O–H groups in total. The second-order valence-corrected chi connectivity index (χ2v) is 7.11. The predicted molar refractivity (Wildman–Crippen MR) is 105 cm³/mol. The van der Waals surface area contributed by atoms with Crippen molar-refractivity contribution in [3.05, 3.63) is 46.4 Å². The van der Waals surface area contributed by atoms with Crippen LogP contribution in [0.2, 0.25) is 0 Å². The van der Waals surface area contributed by atoms with E-state index >= 15 is 0 Å². The Kier molecular flexibility index (Phi) is 5.83. The summed E-state index contributed by atoms with van der Waals surface area (Å²) in [4.78, 5) is 21.4. The van der Waals surface area contributed by atoms with Gasteiger partial charge in [0.05, 0.1) is 22.1 Å². The van der Waals surface area contributed by atoms with Gasteiger partial charge in [-0.05, 0) is 31.7 Å². The molecule has 25 heavy (non-hydrogen) atoms. The zero-order valence-electron chi connectivity index (χ0n) is 14.7. The average molecular weight is 356 g/mol. The number of piperazine rings is 1. The number of hydrogen-bond donors (Lipinski definition) is 1. The largest absolute Gasteiger partial charge is 0.367 e. The van der Waals surface area contributed by atoms with Crippen LogP contribution in [0.15, 0.2) is 35.7 Å². The Morgan fingerprint density at radius 1 is 1.28 bits per heavy atom. The highest BCUT2D eigenvalue weighted by atomic mass is 32.1. The van der Waals surface area contributed by atoms with Crippen LogP contribution in [-0.2, 0) is 4.79 Å². The van der Waals surface area contributed by atoms with Crippen molar-refractivity contribution in [1.82, 2.24) is 9.88 Å². The van der Waals surface area contributed by atoms with Crippen molar-refractivity contribution in [2.24, 2.45) is 0 Å². The lowest BCUT2D eigenvalue weighted by atomic mass is 10.2. The highest BCUT2D eigenvalue weighted by Crippen LogP contribution is 2.26. The van der Waals surface area contributed by atoms with E-state index in [2.05, 4.69) is 33.1 Å². The van der Waals surface area contributed by atoms with E-state index in [1.54, 1.807) is 23.5 Å². The summed E-state index contributed by atoms with van der Waals surface area (Å²) >= 11 is 1.58. The monoisotopic (exact) mass is 356 g/mol. The van der Waals surface area contributed by atoms with Crippen molar-refractivity contribution in [3.8, 4) is 0 Å². The quantitative estimate of drug-likeness (QED) is 0.836. The Bertz CT molecular complexity index is 747. The topological polar surface area (TPSA) is 48.5 Å². The number of thiazole rings is 1. The number of amides is 1. The number of carbonyl (C=O) groups excluding carboxylic acids is 1. The maximum atomic E-state index is 12.3. The van der Waals surface area contributed by atoms with Crippen LogP contribution >= 0.6 is 11.3 Å². The zero-order valence-corrected chi connectivity index (χ0v) is 15.6. The summed E-state index contributed by atoms with van der Waals surface area (Å²) in [7, 11) is 0. The van der Waals surface area contributed by atoms with Crippen molar-refractivity contribution >= 4 is 34.7 Å². The van der Waals surface area contributed by atoms with Crippen molar-refractivity contribution < 1.29 is 4.79 Å².